The van der Waals surface area contributed by atoms with Crippen molar-refractivity contribution in [2.75, 3.05) is 5.32 Å². The summed E-state index contributed by atoms with van der Waals surface area (Å²) in [5.41, 5.74) is 0.847. The standard InChI is InChI=1S/C8H10AsNO5.C8H7NO4/c1-6(11)10-8-4-2-7(3-5-8)9(12,13)15-14;10-8(11)5-6-2-1-3-7(4-6)9(12)13/h2-5,14H,1H3,(H,10,11)(H,12,13);1-4H,5H2,(H,10,11). The predicted molar refractivity (Wildman–Crippen MR) is 97.2 cm³/mol. The van der Waals surface area contributed by atoms with Crippen LogP contribution < -0.4 is 9.67 Å². The number of carboxylic acids is 1. The molecule has 0 bridgehead atoms. The van der Waals surface area contributed by atoms with E-state index >= 15 is 0 Å². The van der Waals surface area contributed by atoms with Gasteiger partial charge < -0.3 is 5.11 Å². The summed E-state index contributed by atoms with van der Waals surface area (Å²) in [6.07, 6.45) is -0.193. The molecule has 0 saturated carbocycles. The molecule has 12 heteroatoms. The van der Waals surface area contributed by atoms with Gasteiger partial charge in [-0.25, -0.2) is 0 Å². The average Bonchev–Trinajstić information content (AvgIpc) is 2.62. The molecule has 0 saturated heterocycles. The molecule has 0 aliphatic rings. The number of amides is 1. The van der Waals surface area contributed by atoms with Gasteiger partial charge in [0.1, 0.15) is 0 Å². The van der Waals surface area contributed by atoms with E-state index in [1.54, 1.807) is 6.07 Å². The summed E-state index contributed by atoms with van der Waals surface area (Å²) in [5, 5.41) is 29.4. The van der Waals surface area contributed by atoms with Gasteiger partial charge in [0, 0.05) is 12.1 Å². The summed E-state index contributed by atoms with van der Waals surface area (Å²) in [5.74, 6) is -1.24. The van der Waals surface area contributed by atoms with E-state index in [1.807, 2.05) is 0 Å². The van der Waals surface area contributed by atoms with Crippen LogP contribution in [0.1, 0.15) is 12.5 Å². The zero-order chi connectivity index (χ0) is 21.3. The maximum atomic E-state index is 11.2. The second-order valence-electron chi connectivity index (χ2n) is 5.33. The van der Waals surface area contributed by atoms with Crippen molar-refractivity contribution in [1.82, 2.24) is 0 Å². The van der Waals surface area contributed by atoms with E-state index in [4.69, 9.17) is 14.5 Å². The van der Waals surface area contributed by atoms with Crippen LogP contribution in [0.2, 0.25) is 0 Å². The zero-order valence-corrected chi connectivity index (χ0v) is 16.4. The van der Waals surface area contributed by atoms with Crippen molar-refractivity contribution in [3.63, 3.8) is 0 Å². The number of nitro benzene ring substituents is 1. The average molecular weight is 456 g/mol. The van der Waals surface area contributed by atoms with Gasteiger partial charge in [0.05, 0.1) is 11.3 Å². The summed E-state index contributed by atoms with van der Waals surface area (Å²) in [7, 11) is 0. The topological polar surface area (TPSA) is 176 Å². The van der Waals surface area contributed by atoms with Gasteiger partial charge in [-0.3, -0.25) is 14.9 Å². The number of hydrogen-bond donors (Lipinski definition) is 4. The van der Waals surface area contributed by atoms with E-state index in [1.165, 1.54) is 49.4 Å². The Labute approximate surface area is 161 Å². The largest absolute Gasteiger partial charge is 0.481 e. The number of anilines is 1. The molecule has 4 N–H and O–H groups in total. The fourth-order valence-electron chi connectivity index (χ4n) is 1.94. The number of carbonyl (C=O) groups excluding carboxylic acids is 1. The first-order valence-electron chi connectivity index (χ1n) is 7.54. The van der Waals surface area contributed by atoms with Crippen LogP contribution in [0, 0.1) is 10.1 Å². The molecule has 1 amide bonds. The second kappa shape index (κ2) is 10.4. The number of aliphatic carboxylic acids is 1. The first-order chi connectivity index (χ1) is 13.0. The number of nitrogens with zero attached hydrogens (tertiary/aromatic N) is 1. The molecule has 0 aromatic heterocycles. The van der Waals surface area contributed by atoms with Crippen LogP contribution in [0.3, 0.4) is 0 Å². The van der Waals surface area contributed by atoms with Crippen molar-refractivity contribution < 1.29 is 36.6 Å². The number of carboxylic acid groups (broad SMARTS) is 1. The van der Waals surface area contributed by atoms with Gasteiger partial charge >= 0.3 is 94.4 Å². The number of carbonyl (C=O) groups is 2. The van der Waals surface area contributed by atoms with Gasteiger partial charge in [-0.2, -0.15) is 0 Å². The van der Waals surface area contributed by atoms with Crippen molar-refractivity contribution in [1.29, 1.82) is 0 Å². The van der Waals surface area contributed by atoms with Gasteiger partial charge in [0.25, 0.3) is 5.69 Å². The summed E-state index contributed by atoms with van der Waals surface area (Å²) in [6.45, 7) is 1.35. The van der Waals surface area contributed by atoms with Gasteiger partial charge in [-0.15, -0.1) is 0 Å². The first kappa shape index (κ1) is 23.1. The van der Waals surface area contributed by atoms with Gasteiger partial charge in [-0.05, 0) is 5.56 Å². The number of rotatable bonds is 6. The predicted octanol–water partition coefficient (Wildman–Crippen LogP) is 0.925. The Bertz CT molecular complexity index is 899. The number of non-ortho nitro benzene ring substituents is 1. The maximum absolute atomic E-state index is 11.2. The van der Waals surface area contributed by atoms with Crippen LogP contribution >= 0.6 is 0 Å². The zero-order valence-electron chi connectivity index (χ0n) is 14.5. The molecule has 1 atom stereocenters. The minimum absolute atomic E-state index is 0.00438. The minimum Gasteiger partial charge on any atom is -0.481 e. The molecule has 28 heavy (non-hydrogen) atoms. The van der Waals surface area contributed by atoms with Gasteiger partial charge in [0.15, 0.2) is 0 Å². The van der Waals surface area contributed by atoms with E-state index in [0.717, 1.165) is 0 Å². The van der Waals surface area contributed by atoms with E-state index in [0.29, 0.717) is 11.3 Å². The van der Waals surface area contributed by atoms with Crippen LogP contribution in [-0.2, 0) is 23.6 Å². The molecule has 0 spiro atoms. The Morgan fingerprint density at radius 1 is 1.21 bits per heavy atom. The van der Waals surface area contributed by atoms with Crippen LogP contribution in [0.25, 0.3) is 0 Å². The molecule has 2 rings (SSSR count). The number of hydrogen-bond acceptors (Lipinski definition) is 7. The summed E-state index contributed by atoms with van der Waals surface area (Å²) < 4.78 is 23.8. The summed E-state index contributed by atoms with van der Waals surface area (Å²) in [4.78, 5) is 30.7. The third-order valence-corrected chi connectivity index (χ3v) is 5.56. The van der Waals surface area contributed by atoms with E-state index < -0.39 is 25.1 Å². The minimum atomic E-state index is -4.76. The molecule has 0 aliphatic carbocycles. The molecular formula is C16H17AsN2O9. The second-order valence-corrected chi connectivity index (χ2v) is 8.94. The number of nitrogens with one attached hydrogen (secondary N) is 1. The van der Waals surface area contributed by atoms with Crippen molar-refractivity contribution in [3.05, 3.63) is 64.2 Å². The quantitative estimate of drug-likeness (QED) is 0.213. The number of nitro groups is 1. The van der Waals surface area contributed by atoms with Gasteiger partial charge in [0.2, 0.25) is 0 Å². The van der Waals surface area contributed by atoms with E-state index in [9.17, 15) is 23.4 Å². The molecule has 0 fully saturated rings. The Morgan fingerprint density at radius 2 is 1.82 bits per heavy atom. The Hall–Kier alpha value is -2.98. The molecule has 0 heterocycles. The normalized spacial score (nSPS) is 12.1. The summed E-state index contributed by atoms with van der Waals surface area (Å²) in [6, 6.07) is 11.1. The van der Waals surface area contributed by atoms with Crippen LogP contribution in [0.4, 0.5) is 11.4 Å². The van der Waals surface area contributed by atoms with E-state index in [-0.39, 0.29) is 22.4 Å². The third-order valence-electron chi connectivity index (χ3n) is 3.10. The van der Waals surface area contributed by atoms with Crippen LogP contribution in [-0.4, -0.2) is 45.4 Å². The third kappa shape index (κ3) is 7.72. The van der Waals surface area contributed by atoms with Crippen LogP contribution in [0.5, 0.6) is 0 Å². The van der Waals surface area contributed by atoms with Crippen LogP contribution in [0.15, 0.2) is 48.5 Å². The molecule has 2 aromatic rings. The molecule has 150 valence electrons. The van der Waals surface area contributed by atoms with Gasteiger partial charge in [-0.1, -0.05) is 12.1 Å². The molecule has 11 nitrogen and oxygen atoms in total. The van der Waals surface area contributed by atoms with Crippen molar-refractivity contribution >= 4 is 41.8 Å². The Morgan fingerprint density at radius 3 is 2.29 bits per heavy atom. The molecule has 2 aromatic carbocycles. The fourth-order valence-corrected chi connectivity index (χ4v) is 3.24. The monoisotopic (exact) mass is 456 g/mol. The first-order valence-corrected chi connectivity index (χ1v) is 10.9. The Kier molecular flexibility index (Phi) is 8.55. The molecule has 0 radical (unpaired) electrons. The van der Waals surface area contributed by atoms with E-state index in [2.05, 4.69) is 9.19 Å². The van der Waals surface area contributed by atoms with Crippen molar-refractivity contribution in [2.24, 2.45) is 0 Å². The smallest absolute Gasteiger partial charge is 0.307 e. The molecule has 0 aliphatic heterocycles. The number of benzene rings is 2. The molecule has 1 unspecified atom stereocenters. The van der Waals surface area contributed by atoms with Crippen molar-refractivity contribution in [3.8, 4) is 0 Å². The Balaban J connectivity index is 0.000000283. The summed E-state index contributed by atoms with van der Waals surface area (Å²) >= 11 is -4.76. The SMILES string of the molecule is CC(=O)Nc1ccc([As](=O)(O)OO)cc1.O=C(O)Cc1cccc([N+](=O)[O-])c1. The fraction of sp³-hybridized carbons (Fsp3) is 0.125. The molecular weight excluding hydrogens is 439 g/mol. The van der Waals surface area contributed by atoms with Crippen molar-refractivity contribution in [2.45, 2.75) is 13.3 Å². The maximum Gasteiger partial charge on any atom is 0.307 e.